The second-order valence-electron chi connectivity index (χ2n) is 3.17. The van der Waals surface area contributed by atoms with Crippen molar-refractivity contribution in [2.45, 2.75) is 6.10 Å². The minimum atomic E-state index is -3.70. The lowest BCUT2D eigenvalue weighted by molar-refractivity contribution is 0.107. The van der Waals surface area contributed by atoms with E-state index in [0.717, 1.165) is 5.56 Å². The van der Waals surface area contributed by atoms with Crippen molar-refractivity contribution in [2.24, 2.45) is 5.14 Å². The Hall–Kier alpha value is -0.660. The van der Waals surface area contributed by atoms with E-state index in [1.807, 2.05) is 0 Å². The topological polar surface area (TPSA) is 81.4 Å². The van der Waals surface area contributed by atoms with Crippen molar-refractivity contribution < 1.29 is 13.2 Å². The van der Waals surface area contributed by atoms with Crippen LogP contribution in [0.15, 0.2) is 24.3 Å². The predicted octanol–water partition coefficient (Wildman–Crippen LogP) is 0.821. The molecule has 3 N–H and O–H groups in total. The number of nitrogens with two attached hydrogens (primary N) is 1. The molecule has 0 aliphatic rings. The maximum Gasteiger partial charge on any atom is 0.274 e. The van der Waals surface area contributed by atoms with E-state index in [1.165, 1.54) is 7.11 Å². The lowest BCUT2D eigenvalue weighted by Crippen LogP contribution is -2.34. The van der Waals surface area contributed by atoms with Gasteiger partial charge >= 0.3 is 0 Å². The molecule has 0 amide bonds. The summed E-state index contributed by atoms with van der Waals surface area (Å²) in [6.07, 6.45) is -0.393. The molecular weight excluding hydrogens is 252 g/mol. The third-order valence-electron chi connectivity index (χ3n) is 2.00. The van der Waals surface area contributed by atoms with Gasteiger partial charge in [-0.1, -0.05) is 23.7 Å². The van der Waals surface area contributed by atoms with Gasteiger partial charge in [-0.05, 0) is 17.7 Å². The van der Waals surface area contributed by atoms with Crippen LogP contribution in [0, 0.1) is 0 Å². The molecule has 1 aromatic carbocycles. The summed E-state index contributed by atoms with van der Waals surface area (Å²) < 4.78 is 28.8. The van der Waals surface area contributed by atoms with Gasteiger partial charge in [-0.25, -0.2) is 5.14 Å². The molecule has 1 unspecified atom stereocenters. The van der Waals surface area contributed by atoms with Crippen molar-refractivity contribution in [3.63, 3.8) is 0 Å². The summed E-state index contributed by atoms with van der Waals surface area (Å²) >= 11 is 5.74. The maximum atomic E-state index is 10.7. The second kappa shape index (κ2) is 5.60. The largest absolute Gasteiger partial charge is 0.375 e. The number of rotatable bonds is 5. The molecule has 1 aromatic rings. The SMILES string of the molecule is COC(CNS(N)(=O)=O)c1ccc(Cl)cc1. The number of hydrogen-bond acceptors (Lipinski definition) is 3. The molecule has 0 saturated heterocycles. The van der Waals surface area contributed by atoms with Gasteiger partial charge in [0.2, 0.25) is 0 Å². The van der Waals surface area contributed by atoms with Crippen LogP contribution in [0.25, 0.3) is 0 Å². The van der Waals surface area contributed by atoms with Crippen LogP contribution in [-0.2, 0) is 14.9 Å². The molecular formula is C9H13ClN2O3S. The van der Waals surface area contributed by atoms with Crippen LogP contribution < -0.4 is 9.86 Å². The van der Waals surface area contributed by atoms with E-state index >= 15 is 0 Å². The van der Waals surface area contributed by atoms with Gasteiger partial charge in [-0.3, -0.25) is 0 Å². The molecule has 0 aromatic heterocycles. The number of benzene rings is 1. The number of methoxy groups -OCH3 is 1. The second-order valence-corrected chi connectivity index (χ2v) is 4.98. The van der Waals surface area contributed by atoms with Crippen molar-refractivity contribution in [2.75, 3.05) is 13.7 Å². The van der Waals surface area contributed by atoms with Crippen LogP contribution >= 0.6 is 11.6 Å². The first-order valence-corrected chi connectivity index (χ1v) is 6.40. The van der Waals surface area contributed by atoms with Crippen LogP contribution in [-0.4, -0.2) is 22.1 Å². The molecule has 16 heavy (non-hydrogen) atoms. The van der Waals surface area contributed by atoms with Gasteiger partial charge in [0.25, 0.3) is 10.2 Å². The normalized spacial score (nSPS) is 13.7. The van der Waals surface area contributed by atoms with E-state index in [1.54, 1.807) is 24.3 Å². The molecule has 0 bridgehead atoms. The fraction of sp³-hybridized carbons (Fsp3) is 0.333. The van der Waals surface area contributed by atoms with E-state index in [4.69, 9.17) is 21.5 Å². The Morgan fingerprint density at radius 2 is 2.00 bits per heavy atom. The summed E-state index contributed by atoms with van der Waals surface area (Å²) in [7, 11) is -2.21. The van der Waals surface area contributed by atoms with Crippen LogP contribution in [0.3, 0.4) is 0 Å². The minimum Gasteiger partial charge on any atom is -0.375 e. The standard InChI is InChI=1S/C9H13ClN2O3S/c1-15-9(6-12-16(11,13)14)7-2-4-8(10)5-3-7/h2-5,9,12H,6H2,1H3,(H2,11,13,14). The molecule has 0 aliphatic heterocycles. The number of nitrogens with one attached hydrogen (secondary N) is 1. The lowest BCUT2D eigenvalue weighted by atomic mass is 10.1. The van der Waals surface area contributed by atoms with E-state index in [-0.39, 0.29) is 6.54 Å². The molecule has 5 nitrogen and oxygen atoms in total. The first-order chi connectivity index (χ1) is 7.42. The van der Waals surface area contributed by atoms with E-state index in [0.29, 0.717) is 5.02 Å². The Bertz CT molecular complexity index is 433. The zero-order chi connectivity index (χ0) is 12.2. The Morgan fingerprint density at radius 1 is 1.44 bits per heavy atom. The monoisotopic (exact) mass is 264 g/mol. The molecule has 7 heteroatoms. The highest BCUT2D eigenvalue weighted by atomic mass is 35.5. The molecule has 0 saturated carbocycles. The summed E-state index contributed by atoms with van der Waals surface area (Å²) in [6.45, 7) is 0.0803. The van der Waals surface area contributed by atoms with Crippen LogP contribution in [0.4, 0.5) is 0 Å². The van der Waals surface area contributed by atoms with Crippen molar-refractivity contribution in [1.29, 1.82) is 0 Å². The predicted molar refractivity (Wildman–Crippen MR) is 62.3 cm³/mol. The highest BCUT2D eigenvalue weighted by molar-refractivity contribution is 7.87. The Balaban J connectivity index is 2.71. The Labute approximate surface area is 99.7 Å². The average Bonchev–Trinajstić information content (AvgIpc) is 2.20. The summed E-state index contributed by atoms with van der Waals surface area (Å²) in [5.74, 6) is 0. The Kier molecular flexibility index (Phi) is 4.69. The number of halogens is 1. The third-order valence-corrected chi connectivity index (χ3v) is 2.82. The highest BCUT2D eigenvalue weighted by Crippen LogP contribution is 2.18. The quantitative estimate of drug-likeness (QED) is 0.826. The van der Waals surface area contributed by atoms with Crippen LogP contribution in [0.5, 0.6) is 0 Å². The van der Waals surface area contributed by atoms with Crippen LogP contribution in [0.1, 0.15) is 11.7 Å². The maximum absolute atomic E-state index is 10.7. The molecule has 90 valence electrons. The molecule has 0 heterocycles. The zero-order valence-electron chi connectivity index (χ0n) is 8.68. The fourth-order valence-corrected chi connectivity index (χ4v) is 1.72. The minimum absolute atomic E-state index is 0.0803. The van der Waals surface area contributed by atoms with Crippen molar-refractivity contribution >= 4 is 21.8 Å². The first kappa shape index (κ1) is 13.4. The van der Waals surface area contributed by atoms with Gasteiger partial charge in [0.05, 0.1) is 6.10 Å². The van der Waals surface area contributed by atoms with Crippen molar-refractivity contribution in [3.05, 3.63) is 34.9 Å². The summed E-state index contributed by atoms with van der Waals surface area (Å²) in [6, 6.07) is 6.95. The molecule has 1 rings (SSSR count). The van der Waals surface area contributed by atoms with Gasteiger partial charge in [0.15, 0.2) is 0 Å². The third kappa shape index (κ3) is 4.46. The van der Waals surface area contributed by atoms with E-state index in [9.17, 15) is 8.42 Å². The first-order valence-electron chi connectivity index (χ1n) is 4.48. The number of ether oxygens (including phenoxy) is 1. The van der Waals surface area contributed by atoms with Gasteiger partial charge in [0.1, 0.15) is 0 Å². The van der Waals surface area contributed by atoms with Crippen molar-refractivity contribution in [3.8, 4) is 0 Å². The van der Waals surface area contributed by atoms with Crippen molar-refractivity contribution in [1.82, 2.24) is 4.72 Å². The molecule has 0 spiro atoms. The smallest absolute Gasteiger partial charge is 0.274 e. The van der Waals surface area contributed by atoms with Gasteiger partial charge in [0, 0.05) is 18.7 Å². The van der Waals surface area contributed by atoms with Gasteiger partial charge in [-0.2, -0.15) is 13.1 Å². The van der Waals surface area contributed by atoms with E-state index < -0.39 is 16.3 Å². The molecule has 0 fully saturated rings. The van der Waals surface area contributed by atoms with Crippen LogP contribution in [0.2, 0.25) is 5.02 Å². The van der Waals surface area contributed by atoms with Gasteiger partial charge in [-0.15, -0.1) is 0 Å². The lowest BCUT2D eigenvalue weighted by Gasteiger charge is -2.15. The number of hydrogen-bond donors (Lipinski definition) is 2. The summed E-state index contributed by atoms with van der Waals surface area (Å²) in [5.41, 5.74) is 0.822. The van der Waals surface area contributed by atoms with E-state index in [2.05, 4.69) is 4.72 Å². The highest BCUT2D eigenvalue weighted by Gasteiger charge is 2.12. The Morgan fingerprint density at radius 3 is 2.44 bits per heavy atom. The summed E-state index contributed by atoms with van der Waals surface area (Å²) in [5, 5.41) is 5.43. The summed E-state index contributed by atoms with van der Waals surface area (Å²) in [4.78, 5) is 0. The zero-order valence-corrected chi connectivity index (χ0v) is 10.3. The molecule has 0 aliphatic carbocycles. The average molecular weight is 265 g/mol. The van der Waals surface area contributed by atoms with Gasteiger partial charge < -0.3 is 4.74 Å². The fourth-order valence-electron chi connectivity index (χ4n) is 1.21. The molecule has 1 atom stereocenters. The molecule has 0 radical (unpaired) electrons.